The molecule has 0 aromatic rings. The van der Waals surface area contributed by atoms with Gasteiger partial charge >= 0.3 is 5.97 Å². The van der Waals surface area contributed by atoms with E-state index in [-0.39, 0.29) is 24.9 Å². The SMILES string of the molecule is CCCCC/C=C\C/C=C\C/C=C\C/C=C\CCCCCCCC(=O)NC(COP(=O)([O-])OCC[N+](C)(C)C)C(/C=C/CCCCCCCCCCC)OC(=O)CCCCCCCCCCCCCCCCCCC. The van der Waals surface area contributed by atoms with E-state index >= 15 is 0 Å². The molecule has 1 N–H and O–H groups in total. The van der Waals surface area contributed by atoms with Crippen LogP contribution in [0.3, 0.4) is 0 Å². The lowest BCUT2D eigenvalue weighted by molar-refractivity contribution is -0.870. The Balaban J connectivity index is 5.23. The summed E-state index contributed by atoms with van der Waals surface area (Å²) in [7, 11) is 1.17. The van der Waals surface area contributed by atoms with Crippen LogP contribution in [0, 0.1) is 0 Å². The second-order valence-corrected chi connectivity index (χ2v) is 24.0. The van der Waals surface area contributed by atoms with Crippen LogP contribution in [0.25, 0.3) is 0 Å². The molecule has 0 aliphatic carbocycles. The van der Waals surface area contributed by atoms with Crippen molar-refractivity contribution in [3.8, 4) is 0 Å². The molecule has 9 nitrogen and oxygen atoms in total. The van der Waals surface area contributed by atoms with E-state index in [0.29, 0.717) is 17.4 Å². The van der Waals surface area contributed by atoms with Crippen molar-refractivity contribution in [1.82, 2.24) is 5.32 Å². The van der Waals surface area contributed by atoms with Gasteiger partial charge in [0.1, 0.15) is 19.3 Å². The van der Waals surface area contributed by atoms with Gasteiger partial charge in [0.2, 0.25) is 5.91 Å². The number of rotatable bonds is 57. The van der Waals surface area contributed by atoms with Gasteiger partial charge in [-0.05, 0) is 76.7 Å². The van der Waals surface area contributed by atoms with Crippen LogP contribution in [0.5, 0.6) is 0 Å². The molecular formula is C65H121N2O7P. The molecule has 0 heterocycles. The van der Waals surface area contributed by atoms with E-state index in [0.717, 1.165) is 96.3 Å². The van der Waals surface area contributed by atoms with Gasteiger partial charge in [0, 0.05) is 12.8 Å². The third-order valence-corrected chi connectivity index (χ3v) is 14.9. The Kier molecular flexibility index (Phi) is 53.4. The summed E-state index contributed by atoms with van der Waals surface area (Å²) in [4.78, 5) is 40.0. The maximum absolute atomic E-state index is 13.5. The van der Waals surface area contributed by atoms with E-state index in [1.165, 1.54) is 161 Å². The minimum Gasteiger partial charge on any atom is -0.756 e. The molecule has 0 aliphatic rings. The van der Waals surface area contributed by atoms with Gasteiger partial charge in [0.05, 0.1) is 33.8 Å². The highest BCUT2D eigenvalue weighted by atomic mass is 31.2. The van der Waals surface area contributed by atoms with Crippen LogP contribution in [-0.2, 0) is 27.9 Å². The third kappa shape index (κ3) is 56.2. The Morgan fingerprint density at radius 1 is 0.467 bits per heavy atom. The fourth-order valence-corrected chi connectivity index (χ4v) is 9.76. The number of carbonyl (C=O) groups excluding carboxylic acids is 2. The zero-order valence-electron chi connectivity index (χ0n) is 50.0. The molecule has 75 heavy (non-hydrogen) atoms. The first-order chi connectivity index (χ1) is 36.4. The topological polar surface area (TPSA) is 114 Å². The second kappa shape index (κ2) is 55.0. The number of ether oxygens (including phenoxy) is 1. The number of phosphoric ester groups is 1. The number of unbranched alkanes of at least 4 members (excludes halogenated alkanes) is 33. The van der Waals surface area contributed by atoms with Crippen molar-refractivity contribution in [3.05, 3.63) is 60.8 Å². The Morgan fingerprint density at radius 3 is 1.24 bits per heavy atom. The van der Waals surface area contributed by atoms with Crippen molar-refractivity contribution in [1.29, 1.82) is 0 Å². The average Bonchev–Trinajstić information content (AvgIpc) is 3.37. The van der Waals surface area contributed by atoms with E-state index in [2.05, 4.69) is 74.7 Å². The van der Waals surface area contributed by atoms with Gasteiger partial charge < -0.3 is 28.5 Å². The molecule has 0 bridgehead atoms. The van der Waals surface area contributed by atoms with Crippen molar-refractivity contribution < 1.29 is 37.3 Å². The van der Waals surface area contributed by atoms with E-state index in [1.54, 1.807) is 0 Å². The number of esters is 1. The van der Waals surface area contributed by atoms with Crippen LogP contribution in [0.1, 0.15) is 290 Å². The largest absolute Gasteiger partial charge is 0.756 e. The van der Waals surface area contributed by atoms with Crippen LogP contribution in [-0.4, -0.2) is 69.4 Å². The molecule has 10 heteroatoms. The lowest BCUT2D eigenvalue weighted by Gasteiger charge is -2.30. The van der Waals surface area contributed by atoms with E-state index < -0.39 is 26.6 Å². The fraction of sp³-hybridized carbons (Fsp3) is 0.815. The van der Waals surface area contributed by atoms with Gasteiger partial charge in [0.15, 0.2) is 0 Å². The molecule has 0 rings (SSSR count). The predicted octanol–water partition coefficient (Wildman–Crippen LogP) is 18.8. The van der Waals surface area contributed by atoms with Crippen LogP contribution in [0.4, 0.5) is 0 Å². The minimum absolute atomic E-state index is 0.0265. The molecule has 0 radical (unpaired) electrons. The number of nitrogens with zero attached hydrogens (tertiary/aromatic N) is 1. The molecule has 0 fully saturated rings. The van der Waals surface area contributed by atoms with Gasteiger partial charge in [-0.25, -0.2) is 0 Å². The number of nitrogens with one attached hydrogen (secondary N) is 1. The number of carbonyl (C=O) groups is 2. The summed E-state index contributed by atoms with van der Waals surface area (Å²) in [6.07, 6.45) is 69.0. The van der Waals surface area contributed by atoms with E-state index in [1.807, 2.05) is 33.3 Å². The summed E-state index contributed by atoms with van der Waals surface area (Å²) in [5, 5.41) is 3.02. The molecule has 0 saturated carbocycles. The van der Waals surface area contributed by atoms with E-state index in [9.17, 15) is 19.0 Å². The number of quaternary nitrogens is 1. The maximum Gasteiger partial charge on any atom is 0.306 e. The van der Waals surface area contributed by atoms with Crippen molar-refractivity contribution >= 4 is 19.7 Å². The Morgan fingerprint density at radius 2 is 0.813 bits per heavy atom. The van der Waals surface area contributed by atoms with Gasteiger partial charge in [-0.15, -0.1) is 0 Å². The number of phosphoric acid groups is 1. The highest BCUT2D eigenvalue weighted by Crippen LogP contribution is 2.38. The molecule has 3 atom stereocenters. The van der Waals surface area contributed by atoms with Crippen LogP contribution in [0.2, 0.25) is 0 Å². The number of hydrogen-bond donors (Lipinski definition) is 1. The van der Waals surface area contributed by atoms with Gasteiger partial charge in [-0.2, -0.15) is 0 Å². The number of likely N-dealkylation sites (N-methyl/N-ethyl adjacent to an activating group) is 1. The maximum atomic E-state index is 13.5. The van der Waals surface area contributed by atoms with Crippen LogP contribution < -0.4 is 10.2 Å². The molecule has 1 amide bonds. The first-order valence-corrected chi connectivity index (χ1v) is 33.1. The summed E-state index contributed by atoms with van der Waals surface area (Å²) < 4.78 is 30.3. The Labute approximate surface area is 464 Å². The van der Waals surface area contributed by atoms with E-state index in [4.69, 9.17) is 13.8 Å². The summed E-state index contributed by atoms with van der Waals surface area (Å²) in [5.41, 5.74) is 0. The smallest absolute Gasteiger partial charge is 0.306 e. The number of hydrogen-bond acceptors (Lipinski definition) is 7. The van der Waals surface area contributed by atoms with Crippen molar-refractivity contribution in [2.45, 2.75) is 303 Å². The van der Waals surface area contributed by atoms with Gasteiger partial charge in [0.25, 0.3) is 7.82 Å². The minimum atomic E-state index is -4.70. The first-order valence-electron chi connectivity index (χ1n) is 31.6. The fourth-order valence-electron chi connectivity index (χ4n) is 9.04. The normalized spacial score (nSPS) is 14.1. The Bertz CT molecular complexity index is 1470. The lowest BCUT2D eigenvalue weighted by Crippen LogP contribution is -2.47. The second-order valence-electron chi connectivity index (χ2n) is 22.6. The van der Waals surface area contributed by atoms with Crippen LogP contribution in [0.15, 0.2) is 60.8 Å². The summed E-state index contributed by atoms with van der Waals surface area (Å²) >= 11 is 0. The molecule has 0 aromatic carbocycles. The quantitative estimate of drug-likeness (QED) is 0.0212. The van der Waals surface area contributed by atoms with Gasteiger partial charge in [-0.3, -0.25) is 14.2 Å². The molecule has 3 unspecified atom stereocenters. The monoisotopic (exact) mass is 1070 g/mol. The van der Waals surface area contributed by atoms with Gasteiger partial charge in [-0.1, -0.05) is 262 Å². The molecule has 438 valence electrons. The summed E-state index contributed by atoms with van der Waals surface area (Å²) in [6.45, 7) is 6.82. The highest BCUT2D eigenvalue weighted by molar-refractivity contribution is 7.45. The highest BCUT2D eigenvalue weighted by Gasteiger charge is 2.27. The lowest BCUT2D eigenvalue weighted by atomic mass is 10.0. The Hall–Kier alpha value is -2.29. The first kappa shape index (κ1) is 72.7. The van der Waals surface area contributed by atoms with Crippen molar-refractivity contribution in [3.63, 3.8) is 0 Å². The predicted molar refractivity (Wildman–Crippen MR) is 321 cm³/mol. The van der Waals surface area contributed by atoms with Crippen molar-refractivity contribution in [2.24, 2.45) is 0 Å². The number of amides is 1. The van der Waals surface area contributed by atoms with Crippen LogP contribution >= 0.6 is 7.82 Å². The summed E-state index contributed by atoms with van der Waals surface area (Å²) in [5.74, 6) is -0.554. The standard InChI is InChI=1S/C65H121N2O7P/c1-7-10-13-16-19-22-25-27-29-31-32-33-34-36-37-39-42-45-48-51-54-57-64(68)66-62(61-73-75(70,71)72-60-59-67(4,5)6)63(56-53-50-47-44-41-24-21-18-15-12-9-3)74-65(69)58-55-52-49-46-43-40-38-35-30-28-26-23-20-17-14-11-8-2/h19,22,27,29,32-33,36-37,53,56,62-63H,7-18,20-21,23-26,28,30-31,34-35,38-52,54-55,57-61H2,1-6H3,(H-,66,68,70,71)/b22-19-,29-27-,33-32-,37-36-,56-53+. The molecule has 0 aromatic heterocycles. The molecular weight excluding hydrogens is 952 g/mol. The average molecular weight is 1070 g/mol. The van der Waals surface area contributed by atoms with Crippen molar-refractivity contribution in [2.75, 3.05) is 40.9 Å². The molecule has 0 spiro atoms. The third-order valence-electron chi connectivity index (χ3n) is 14.0. The zero-order chi connectivity index (χ0) is 55.0. The molecule has 0 saturated heterocycles. The molecule has 0 aliphatic heterocycles. The number of allylic oxidation sites excluding steroid dienone is 9. The summed E-state index contributed by atoms with van der Waals surface area (Å²) in [6, 6.07) is -0.897. The zero-order valence-corrected chi connectivity index (χ0v) is 50.9.